The Bertz CT molecular complexity index is 895. The van der Waals surface area contributed by atoms with Crippen molar-refractivity contribution in [1.29, 1.82) is 0 Å². The number of nitrogens with one attached hydrogen (secondary N) is 2. The van der Waals surface area contributed by atoms with Crippen LogP contribution in [-0.2, 0) is 4.79 Å². The maximum atomic E-state index is 12.5. The number of aromatic nitrogens is 1. The van der Waals surface area contributed by atoms with Gasteiger partial charge in [0.05, 0.1) is 10.7 Å². The monoisotopic (exact) mass is 365 g/mol. The molecule has 1 atom stereocenters. The summed E-state index contributed by atoms with van der Waals surface area (Å²) in [7, 11) is 0. The summed E-state index contributed by atoms with van der Waals surface area (Å²) in [6.07, 6.45) is 0. The summed E-state index contributed by atoms with van der Waals surface area (Å²) >= 11 is 1.64. The van der Waals surface area contributed by atoms with E-state index in [1.165, 1.54) is 0 Å². The summed E-state index contributed by atoms with van der Waals surface area (Å²) in [5.74, 6) is -0.0541. The van der Waals surface area contributed by atoms with Gasteiger partial charge in [-0.1, -0.05) is 30.3 Å². The van der Waals surface area contributed by atoms with Gasteiger partial charge in [-0.15, -0.1) is 11.3 Å². The van der Waals surface area contributed by atoms with Crippen molar-refractivity contribution in [2.24, 2.45) is 0 Å². The van der Waals surface area contributed by atoms with E-state index in [2.05, 4.69) is 21.0 Å². The van der Waals surface area contributed by atoms with Gasteiger partial charge in [-0.05, 0) is 51.0 Å². The standard InChI is InChI=1S/C21H23N3OS/c1-13-6-5-7-14(2)20(13)24-21(25)15(3)22-18-10-8-17(9-11-18)19-12-26-16(4)23-19/h5-12,15,22H,1-4H3,(H,24,25). The van der Waals surface area contributed by atoms with Gasteiger partial charge >= 0.3 is 0 Å². The first-order valence-corrected chi connectivity index (χ1v) is 9.48. The van der Waals surface area contributed by atoms with Gasteiger partial charge in [-0.3, -0.25) is 4.79 Å². The van der Waals surface area contributed by atoms with E-state index in [0.717, 1.165) is 38.8 Å². The van der Waals surface area contributed by atoms with Crippen molar-refractivity contribution in [3.63, 3.8) is 0 Å². The van der Waals surface area contributed by atoms with Crippen LogP contribution >= 0.6 is 11.3 Å². The molecule has 134 valence electrons. The number of thiazole rings is 1. The van der Waals surface area contributed by atoms with Gasteiger partial charge in [0.2, 0.25) is 5.91 Å². The van der Waals surface area contributed by atoms with Crippen molar-refractivity contribution in [3.05, 3.63) is 64.0 Å². The highest BCUT2D eigenvalue weighted by Gasteiger charge is 2.15. The predicted molar refractivity (Wildman–Crippen MR) is 110 cm³/mol. The molecular weight excluding hydrogens is 342 g/mol. The topological polar surface area (TPSA) is 54.0 Å². The molecule has 2 aromatic carbocycles. The van der Waals surface area contributed by atoms with E-state index >= 15 is 0 Å². The van der Waals surface area contributed by atoms with Crippen LogP contribution in [0.25, 0.3) is 11.3 Å². The lowest BCUT2D eigenvalue weighted by Gasteiger charge is -2.17. The van der Waals surface area contributed by atoms with Crippen LogP contribution in [0.4, 0.5) is 11.4 Å². The molecule has 0 spiro atoms. The number of nitrogens with zero attached hydrogens (tertiary/aromatic N) is 1. The van der Waals surface area contributed by atoms with Crippen molar-refractivity contribution >= 4 is 28.6 Å². The quantitative estimate of drug-likeness (QED) is 0.655. The van der Waals surface area contributed by atoms with Gasteiger partial charge in [0.1, 0.15) is 6.04 Å². The molecule has 1 amide bonds. The number of aryl methyl sites for hydroxylation is 3. The second-order valence-corrected chi connectivity index (χ2v) is 7.51. The lowest BCUT2D eigenvalue weighted by atomic mass is 10.1. The first kappa shape index (κ1) is 18.1. The highest BCUT2D eigenvalue weighted by molar-refractivity contribution is 7.09. The maximum absolute atomic E-state index is 12.5. The van der Waals surface area contributed by atoms with E-state index in [1.807, 2.05) is 70.2 Å². The highest BCUT2D eigenvalue weighted by Crippen LogP contribution is 2.24. The molecule has 5 heteroatoms. The molecule has 0 bridgehead atoms. The Morgan fingerprint density at radius 2 is 1.69 bits per heavy atom. The zero-order valence-electron chi connectivity index (χ0n) is 15.5. The largest absolute Gasteiger partial charge is 0.374 e. The van der Waals surface area contributed by atoms with Gasteiger partial charge in [0, 0.05) is 22.3 Å². The summed E-state index contributed by atoms with van der Waals surface area (Å²) in [6, 6.07) is 13.6. The molecule has 1 unspecified atom stereocenters. The van der Waals surface area contributed by atoms with Crippen LogP contribution in [0.1, 0.15) is 23.1 Å². The Morgan fingerprint density at radius 3 is 2.27 bits per heavy atom. The van der Waals surface area contributed by atoms with Crippen LogP contribution < -0.4 is 10.6 Å². The molecule has 1 aromatic heterocycles. The van der Waals surface area contributed by atoms with Crippen LogP contribution in [-0.4, -0.2) is 16.9 Å². The highest BCUT2D eigenvalue weighted by atomic mass is 32.1. The molecule has 2 N–H and O–H groups in total. The molecule has 0 radical (unpaired) electrons. The third kappa shape index (κ3) is 4.11. The predicted octanol–water partition coefficient (Wildman–Crippen LogP) is 5.17. The smallest absolute Gasteiger partial charge is 0.246 e. The molecule has 3 aromatic rings. The average molecular weight is 366 g/mol. The molecule has 0 saturated heterocycles. The van der Waals surface area contributed by atoms with Crippen molar-refractivity contribution in [1.82, 2.24) is 4.98 Å². The zero-order valence-corrected chi connectivity index (χ0v) is 16.3. The molecule has 3 rings (SSSR count). The molecule has 4 nitrogen and oxygen atoms in total. The Labute approximate surface area is 158 Å². The molecule has 0 fully saturated rings. The van der Waals surface area contributed by atoms with Gasteiger partial charge in [0.15, 0.2) is 0 Å². The molecule has 0 aliphatic heterocycles. The summed E-state index contributed by atoms with van der Waals surface area (Å²) in [5, 5.41) is 9.39. The summed E-state index contributed by atoms with van der Waals surface area (Å²) in [5.41, 5.74) is 5.99. The Kier molecular flexibility index (Phi) is 5.38. The lowest BCUT2D eigenvalue weighted by Crippen LogP contribution is -2.32. The van der Waals surface area contributed by atoms with Crippen molar-refractivity contribution < 1.29 is 4.79 Å². The minimum atomic E-state index is -0.346. The summed E-state index contributed by atoms with van der Waals surface area (Å²) in [4.78, 5) is 17.0. The van der Waals surface area contributed by atoms with E-state index in [9.17, 15) is 4.79 Å². The van der Waals surface area contributed by atoms with Gasteiger partial charge < -0.3 is 10.6 Å². The third-order valence-corrected chi connectivity index (χ3v) is 5.08. The van der Waals surface area contributed by atoms with Crippen molar-refractivity contribution in [2.45, 2.75) is 33.7 Å². The normalized spacial score (nSPS) is 11.8. The molecule has 1 heterocycles. The fourth-order valence-electron chi connectivity index (χ4n) is 2.79. The fourth-order valence-corrected chi connectivity index (χ4v) is 3.41. The third-order valence-electron chi connectivity index (χ3n) is 4.31. The van der Waals surface area contributed by atoms with Crippen LogP contribution in [0.5, 0.6) is 0 Å². The van der Waals surface area contributed by atoms with Crippen LogP contribution in [0.3, 0.4) is 0 Å². The number of amides is 1. The van der Waals surface area contributed by atoms with Gasteiger partial charge in [-0.25, -0.2) is 4.98 Å². The average Bonchev–Trinajstić information content (AvgIpc) is 3.05. The number of anilines is 2. The minimum absolute atomic E-state index is 0.0541. The zero-order chi connectivity index (χ0) is 18.7. The Morgan fingerprint density at radius 1 is 1.04 bits per heavy atom. The van der Waals surface area contributed by atoms with Crippen LogP contribution in [0.2, 0.25) is 0 Å². The number of benzene rings is 2. The van der Waals surface area contributed by atoms with Crippen molar-refractivity contribution in [2.75, 3.05) is 10.6 Å². The van der Waals surface area contributed by atoms with E-state index < -0.39 is 0 Å². The Balaban J connectivity index is 1.65. The molecule has 0 saturated carbocycles. The minimum Gasteiger partial charge on any atom is -0.374 e. The van der Waals surface area contributed by atoms with E-state index in [0.29, 0.717) is 0 Å². The number of para-hydroxylation sites is 1. The number of hydrogen-bond donors (Lipinski definition) is 2. The fraction of sp³-hybridized carbons (Fsp3) is 0.238. The number of carbonyl (C=O) groups is 1. The van der Waals surface area contributed by atoms with E-state index in [-0.39, 0.29) is 11.9 Å². The van der Waals surface area contributed by atoms with Crippen molar-refractivity contribution in [3.8, 4) is 11.3 Å². The summed E-state index contributed by atoms with van der Waals surface area (Å²) < 4.78 is 0. The SMILES string of the molecule is Cc1nc(-c2ccc(NC(C)C(=O)Nc3c(C)cccc3C)cc2)cs1. The second-order valence-electron chi connectivity index (χ2n) is 6.45. The molecule has 0 aliphatic rings. The first-order valence-electron chi connectivity index (χ1n) is 8.60. The van der Waals surface area contributed by atoms with E-state index in [1.54, 1.807) is 11.3 Å². The summed E-state index contributed by atoms with van der Waals surface area (Å²) in [6.45, 7) is 7.86. The van der Waals surface area contributed by atoms with Crippen LogP contribution in [0, 0.1) is 20.8 Å². The number of carbonyl (C=O) groups excluding carboxylic acids is 1. The van der Waals surface area contributed by atoms with Gasteiger partial charge in [-0.2, -0.15) is 0 Å². The molecular formula is C21H23N3OS. The molecule has 26 heavy (non-hydrogen) atoms. The van der Waals surface area contributed by atoms with E-state index in [4.69, 9.17) is 0 Å². The lowest BCUT2D eigenvalue weighted by molar-refractivity contribution is -0.116. The Hall–Kier alpha value is -2.66. The van der Waals surface area contributed by atoms with Crippen LogP contribution in [0.15, 0.2) is 47.8 Å². The number of rotatable bonds is 5. The molecule has 0 aliphatic carbocycles. The maximum Gasteiger partial charge on any atom is 0.246 e. The number of hydrogen-bond acceptors (Lipinski definition) is 4. The van der Waals surface area contributed by atoms with Gasteiger partial charge in [0.25, 0.3) is 0 Å². The first-order chi connectivity index (χ1) is 12.4. The second kappa shape index (κ2) is 7.70.